The van der Waals surface area contributed by atoms with E-state index in [0.717, 1.165) is 96.7 Å². The number of nitrogens with zero attached hydrogens (tertiary/aromatic N) is 8. The lowest BCUT2D eigenvalue weighted by atomic mass is 9.77. The Hall–Kier alpha value is -7.03. The summed E-state index contributed by atoms with van der Waals surface area (Å²) in [5.74, 6) is 0.787. The Kier molecular flexibility index (Phi) is 17.9. The molecule has 2 aromatic heterocycles. The molecular weight excluding hydrogens is 963 g/mol. The van der Waals surface area contributed by atoms with Crippen molar-refractivity contribution in [3.05, 3.63) is 149 Å². The van der Waals surface area contributed by atoms with Crippen LogP contribution in [0.5, 0.6) is 0 Å². The van der Waals surface area contributed by atoms with Gasteiger partial charge in [-0.05, 0) is 67.8 Å². The van der Waals surface area contributed by atoms with Crippen LogP contribution in [0.2, 0.25) is 5.15 Å². The molecule has 4 aliphatic heterocycles. The summed E-state index contributed by atoms with van der Waals surface area (Å²) in [6.07, 6.45) is 2.54. The predicted octanol–water partition coefficient (Wildman–Crippen LogP) is 6.44. The third-order valence-corrected chi connectivity index (χ3v) is 14.1. The number of morpholine rings is 2. The van der Waals surface area contributed by atoms with Gasteiger partial charge in [-0.25, -0.2) is 9.59 Å². The van der Waals surface area contributed by atoms with Gasteiger partial charge in [0.15, 0.2) is 16.8 Å². The fraction of sp³-hybridized carbons (Fsp3) is 0.370. The Morgan fingerprint density at radius 2 is 1.05 bits per heavy atom. The molecule has 0 radical (unpaired) electrons. The SMILES string of the molecule is Cc1ccccc1-c1cc(N2CCC3(CC2)CN(C(=O)OCc2ccccc2)CCO3)c(N)nn1.Cc1ccccc1B(O)O.Nc1nnc(Cl)cc1N1CCC2(CC1)CN(C(=O)OCc1ccccc1)CCO2. The van der Waals surface area contributed by atoms with Gasteiger partial charge in [0.1, 0.15) is 13.2 Å². The van der Waals surface area contributed by atoms with Gasteiger partial charge < -0.3 is 60.1 Å². The fourth-order valence-electron chi connectivity index (χ4n) is 9.67. The van der Waals surface area contributed by atoms with E-state index >= 15 is 0 Å². The van der Waals surface area contributed by atoms with E-state index in [0.29, 0.717) is 61.6 Å². The van der Waals surface area contributed by atoms with Crippen molar-refractivity contribution in [3.63, 3.8) is 0 Å². The molecule has 6 heterocycles. The molecule has 4 fully saturated rings. The molecule has 4 saturated heterocycles. The number of nitrogen functional groups attached to an aromatic ring is 2. The average Bonchev–Trinajstić information content (AvgIpc) is 3.42. The first-order chi connectivity index (χ1) is 35.8. The third-order valence-electron chi connectivity index (χ3n) is 13.9. The number of halogens is 1. The maximum atomic E-state index is 12.7. The molecule has 4 aromatic carbocycles. The van der Waals surface area contributed by atoms with Gasteiger partial charge in [-0.1, -0.05) is 126 Å². The van der Waals surface area contributed by atoms with Crippen LogP contribution < -0.4 is 26.7 Å². The number of aryl methyl sites for hydroxylation is 2. The maximum Gasteiger partial charge on any atom is 0.488 e. The van der Waals surface area contributed by atoms with Gasteiger partial charge in [0.2, 0.25) is 0 Å². The molecule has 2 spiro atoms. The van der Waals surface area contributed by atoms with Crippen molar-refractivity contribution in [3.8, 4) is 11.3 Å². The predicted molar refractivity (Wildman–Crippen MR) is 286 cm³/mol. The number of ether oxygens (including phenoxy) is 4. The Labute approximate surface area is 437 Å². The van der Waals surface area contributed by atoms with Crippen LogP contribution in [0, 0.1) is 13.8 Å². The molecule has 18 nitrogen and oxygen atoms in total. The normalized spacial score (nSPS) is 16.8. The number of hydrogen-bond donors (Lipinski definition) is 4. The zero-order chi connectivity index (χ0) is 52.1. The topological polar surface area (TPSA) is 228 Å². The van der Waals surface area contributed by atoms with Crippen molar-refractivity contribution in [1.29, 1.82) is 0 Å². The van der Waals surface area contributed by atoms with E-state index in [4.69, 9.17) is 52.1 Å². The summed E-state index contributed by atoms with van der Waals surface area (Å²) in [7, 11) is -1.35. The molecule has 74 heavy (non-hydrogen) atoms. The highest BCUT2D eigenvalue weighted by molar-refractivity contribution is 6.59. The Morgan fingerprint density at radius 1 is 0.608 bits per heavy atom. The molecule has 388 valence electrons. The molecule has 6 aromatic rings. The summed E-state index contributed by atoms with van der Waals surface area (Å²) in [6, 6.07) is 38.5. The van der Waals surface area contributed by atoms with Gasteiger partial charge in [0.05, 0.1) is 54.6 Å². The molecule has 6 N–H and O–H groups in total. The van der Waals surface area contributed by atoms with Gasteiger partial charge in [-0.3, -0.25) is 0 Å². The van der Waals surface area contributed by atoms with Crippen molar-refractivity contribution in [2.45, 2.75) is 63.9 Å². The van der Waals surface area contributed by atoms with Gasteiger partial charge in [0.25, 0.3) is 0 Å². The summed E-state index contributed by atoms with van der Waals surface area (Å²) >= 11 is 5.97. The number of benzene rings is 4. The monoisotopic (exact) mass is 1030 g/mol. The number of rotatable bonds is 8. The van der Waals surface area contributed by atoms with Crippen molar-refractivity contribution >= 4 is 59.4 Å². The first-order valence-corrected chi connectivity index (χ1v) is 25.3. The minimum Gasteiger partial charge on any atom is -0.445 e. The van der Waals surface area contributed by atoms with Crippen LogP contribution in [0.15, 0.2) is 121 Å². The molecular formula is C54H64BClN10O8. The van der Waals surface area contributed by atoms with E-state index in [2.05, 4.69) is 43.2 Å². The zero-order valence-electron chi connectivity index (χ0n) is 41.9. The molecule has 0 unspecified atom stereocenters. The van der Waals surface area contributed by atoms with E-state index in [1.807, 2.05) is 104 Å². The minimum absolute atomic E-state index is 0.271. The smallest absolute Gasteiger partial charge is 0.445 e. The number of hydrogen-bond acceptors (Lipinski definition) is 16. The number of anilines is 4. The second kappa shape index (κ2) is 24.8. The van der Waals surface area contributed by atoms with Gasteiger partial charge in [0, 0.05) is 50.9 Å². The van der Waals surface area contributed by atoms with Crippen LogP contribution in [0.1, 0.15) is 47.9 Å². The third kappa shape index (κ3) is 13.8. The van der Waals surface area contributed by atoms with Gasteiger partial charge >= 0.3 is 19.3 Å². The second-order valence-electron chi connectivity index (χ2n) is 18.9. The van der Waals surface area contributed by atoms with Crippen molar-refractivity contribution in [2.24, 2.45) is 0 Å². The van der Waals surface area contributed by atoms with E-state index in [-0.39, 0.29) is 36.6 Å². The van der Waals surface area contributed by atoms with E-state index < -0.39 is 7.12 Å². The maximum absolute atomic E-state index is 12.7. The summed E-state index contributed by atoms with van der Waals surface area (Å²) < 4.78 is 23.4. The number of carbonyl (C=O) groups excluding carboxylic acids is 2. The molecule has 10 rings (SSSR count). The van der Waals surface area contributed by atoms with Gasteiger partial charge in [-0.2, -0.15) is 0 Å². The highest BCUT2D eigenvalue weighted by Crippen LogP contribution is 2.37. The molecule has 20 heteroatoms. The van der Waals surface area contributed by atoms with E-state index in [1.165, 1.54) is 0 Å². The van der Waals surface area contributed by atoms with Crippen molar-refractivity contribution in [1.82, 2.24) is 30.2 Å². The molecule has 0 saturated carbocycles. The quantitative estimate of drug-likeness (QED) is 0.120. The molecule has 0 atom stereocenters. The lowest BCUT2D eigenvalue weighted by Crippen LogP contribution is -2.58. The lowest BCUT2D eigenvalue weighted by Gasteiger charge is -2.47. The van der Waals surface area contributed by atoms with Crippen LogP contribution in [0.3, 0.4) is 0 Å². The Morgan fingerprint density at radius 3 is 1.53 bits per heavy atom. The number of nitrogens with two attached hydrogens (primary N) is 2. The van der Waals surface area contributed by atoms with Crippen LogP contribution in [-0.4, -0.2) is 136 Å². The second-order valence-corrected chi connectivity index (χ2v) is 19.3. The summed E-state index contributed by atoms with van der Waals surface area (Å²) in [5, 5.41) is 34.1. The Balaban J connectivity index is 0.000000168. The van der Waals surface area contributed by atoms with Crippen LogP contribution in [0.4, 0.5) is 32.6 Å². The van der Waals surface area contributed by atoms with Crippen molar-refractivity contribution in [2.75, 3.05) is 86.8 Å². The average molecular weight is 1030 g/mol. The summed E-state index contributed by atoms with van der Waals surface area (Å²) in [6.45, 7) is 10.6. The van der Waals surface area contributed by atoms with Crippen molar-refractivity contribution < 1.29 is 38.6 Å². The number of amides is 2. The summed E-state index contributed by atoms with van der Waals surface area (Å²) in [4.78, 5) is 33.2. The lowest BCUT2D eigenvalue weighted by molar-refractivity contribution is -0.115. The summed E-state index contributed by atoms with van der Waals surface area (Å²) in [5.41, 5.74) is 19.6. The highest BCUT2D eigenvalue weighted by Gasteiger charge is 2.43. The molecule has 4 aliphatic rings. The standard InChI is InChI=1S/C27H31N5O3.C20H24ClN5O3.C7H9BO2/c1-20-7-5-6-10-22(20)23-17-24(25(28)30-29-23)31-13-11-27(12-14-31)19-32(15-16-35-27)26(33)34-18-21-8-3-2-4-9-21;21-17-12-16(18(22)24-23-17)25-8-6-20(7-9-25)14-26(10-11-29-20)19(27)28-13-15-4-2-1-3-5-15;1-6-4-2-3-5-7(6)8(9)10/h2-10,17H,11-16,18-19H2,1H3,(H2,28,30);1-5,12H,6-11,13-14H2,(H2,22,24);2-5,9-10H,1H3. The molecule has 0 bridgehead atoms. The zero-order valence-corrected chi connectivity index (χ0v) is 42.6. The van der Waals surface area contributed by atoms with Gasteiger partial charge in [-0.15, -0.1) is 20.4 Å². The van der Waals surface area contributed by atoms with Crippen LogP contribution >= 0.6 is 11.6 Å². The van der Waals surface area contributed by atoms with E-state index in [9.17, 15) is 9.59 Å². The van der Waals surface area contributed by atoms with Crippen LogP contribution in [0.25, 0.3) is 11.3 Å². The number of piperidine rings is 2. The van der Waals surface area contributed by atoms with E-state index in [1.54, 1.807) is 28.0 Å². The first kappa shape index (κ1) is 53.3. The largest absolute Gasteiger partial charge is 0.488 e. The van der Waals surface area contributed by atoms with Crippen LogP contribution in [-0.2, 0) is 32.2 Å². The molecule has 0 aliphatic carbocycles. The molecule has 2 amide bonds. The number of carbonyl (C=O) groups is 2. The fourth-order valence-corrected chi connectivity index (χ4v) is 9.81. The highest BCUT2D eigenvalue weighted by atomic mass is 35.5. The Bertz CT molecular complexity index is 2800. The first-order valence-electron chi connectivity index (χ1n) is 24.9. The number of aromatic nitrogens is 4. The minimum atomic E-state index is -1.35.